The number of hydrogen-bond donors (Lipinski definition) is 1. The maximum atomic E-state index is 5.59. The lowest BCUT2D eigenvalue weighted by atomic mass is 10.2. The summed E-state index contributed by atoms with van der Waals surface area (Å²) in [4.78, 5) is 0. The Morgan fingerprint density at radius 1 is 1.60 bits per heavy atom. The number of nitrogens with one attached hydrogen (secondary N) is 1. The zero-order chi connectivity index (χ0) is 10.7. The highest BCUT2D eigenvalue weighted by Crippen LogP contribution is 2.26. The van der Waals surface area contributed by atoms with E-state index in [-0.39, 0.29) is 0 Å². The number of rotatable bonds is 4. The maximum Gasteiger partial charge on any atom is 0.120 e. The molecule has 0 saturated carbocycles. The van der Waals surface area contributed by atoms with Crippen LogP contribution in [0.25, 0.3) is 0 Å². The van der Waals surface area contributed by atoms with Crippen LogP contribution in [0.3, 0.4) is 0 Å². The first-order valence-corrected chi connectivity index (χ1v) is 6.72. The van der Waals surface area contributed by atoms with Gasteiger partial charge in [0.2, 0.25) is 0 Å². The lowest BCUT2D eigenvalue weighted by molar-refractivity contribution is 0.416. The van der Waals surface area contributed by atoms with Gasteiger partial charge in [-0.2, -0.15) is 11.8 Å². The van der Waals surface area contributed by atoms with E-state index in [2.05, 4.69) is 30.1 Å². The molecule has 0 bridgehead atoms. The summed E-state index contributed by atoms with van der Waals surface area (Å²) in [5.41, 5.74) is 0. The highest BCUT2D eigenvalue weighted by atomic mass is 32.2. The molecular weight excluding hydrogens is 206 g/mol. The van der Waals surface area contributed by atoms with Crippen LogP contribution in [0.4, 0.5) is 0 Å². The van der Waals surface area contributed by atoms with Gasteiger partial charge < -0.3 is 9.73 Å². The second-order valence-electron chi connectivity index (χ2n) is 4.21. The fourth-order valence-electron chi connectivity index (χ4n) is 1.90. The van der Waals surface area contributed by atoms with Gasteiger partial charge in [0, 0.05) is 11.8 Å². The molecule has 0 radical (unpaired) electrons. The molecule has 2 heterocycles. The topological polar surface area (TPSA) is 25.2 Å². The molecule has 1 fully saturated rings. The lowest BCUT2D eigenvalue weighted by Gasteiger charge is -2.14. The van der Waals surface area contributed by atoms with Crippen LogP contribution in [-0.4, -0.2) is 17.5 Å². The smallest absolute Gasteiger partial charge is 0.120 e. The van der Waals surface area contributed by atoms with E-state index in [1.54, 1.807) is 0 Å². The molecule has 3 heteroatoms. The van der Waals surface area contributed by atoms with E-state index in [1.165, 1.54) is 18.6 Å². The summed E-state index contributed by atoms with van der Waals surface area (Å²) in [6, 6.07) is 4.42. The van der Waals surface area contributed by atoms with E-state index in [0.29, 0.717) is 6.04 Å². The normalized spacial score (nSPS) is 23.2. The minimum absolute atomic E-state index is 0.333. The van der Waals surface area contributed by atoms with Gasteiger partial charge in [-0.3, -0.25) is 0 Å². The van der Waals surface area contributed by atoms with Gasteiger partial charge in [-0.15, -0.1) is 0 Å². The van der Waals surface area contributed by atoms with Crippen molar-refractivity contribution in [3.63, 3.8) is 0 Å². The van der Waals surface area contributed by atoms with Gasteiger partial charge in [0.25, 0.3) is 0 Å². The van der Waals surface area contributed by atoms with Crippen LogP contribution in [0.2, 0.25) is 0 Å². The zero-order valence-electron chi connectivity index (χ0n) is 9.45. The monoisotopic (exact) mass is 225 g/mol. The van der Waals surface area contributed by atoms with Crippen molar-refractivity contribution in [2.45, 2.75) is 38.0 Å². The Balaban J connectivity index is 1.79. The highest BCUT2D eigenvalue weighted by Gasteiger charge is 2.17. The van der Waals surface area contributed by atoms with Crippen molar-refractivity contribution in [3.05, 3.63) is 23.7 Å². The van der Waals surface area contributed by atoms with E-state index < -0.39 is 0 Å². The maximum absolute atomic E-state index is 5.59. The molecule has 0 amide bonds. The standard InChI is InChI=1S/C12H19NOS/c1-9-5-6-12(14-9)10(2)13-8-11-4-3-7-15-11/h5-6,10-11,13H,3-4,7-8H2,1-2H3. The fraction of sp³-hybridized carbons (Fsp3) is 0.667. The first kappa shape index (κ1) is 11.1. The molecular formula is C12H19NOS. The summed E-state index contributed by atoms with van der Waals surface area (Å²) in [7, 11) is 0. The summed E-state index contributed by atoms with van der Waals surface area (Å²) in [5.74, 6) is 3.38. The SMILES string of the molecule is Cc1ccc(C(C)NCC2CCCS2)o1. The van der Waals surface area contributed by atoms with Crippen molar-refractivity contribution in [2.75, 3.05) is 12.3 Å². The lowest BCUT2D eigenvalue weighted by Crippen LogP contribution is -2.25. The number of hydrogen-bond acceptors (Lipinski definition) is 3. The Hall–Kier alpha value is -0.410. The fourth-order valence-corrected chi connectivity index (χ4v) is 3.11. The predicted molar refractivity (Wildman–Crippen MR) is 65.3 cm³/mol. The summed E-state index contributed by atoms with van der Waals surface area (Å²) < 4.78 is 5.59. The second-order valence-corrected chi connectivity index (χ2v) is 5.62. The van der Waals surface area contributed by atoms with E-state index in [0.717, 1.165) is 23.3 Å². The van der Waals surface area contributed by atoms with E-state index >= 15 is 0 Å². The number of aryl methyl sites for hydroxylation is 1. The molecule has 2 unspecified atom stereocenters. The third kappa shape index (κ3) is 3.02. The Bertz CT molecular complexity index is 304. The molecule has 2 nitrogen and oxygen atoms in total. The predicted octanol–water partition coefficient (Wildman–Crippen LogP) is 3.13. The Morgan fingerprint density at radius 2 is 2.47 bits per heavy atom. The van der Waals surface area contributed by atoms with Gasteiger partial charge in [-0.1, -0.05) is 0 Å². The first-order chi connectivity index (χ1) is 7.25. The van der Waals surface area contributed by atoms with Crippen molar-refractivity contribution in [3.8, 4) is 0 Å². The molecule has 1 N–H and O–H groups in total. The molecule has 84 valence electrons. The van der Waals surface area contributed by atoms with Crippen LogP contribution in [0.15, 0.2) is 16.5 Å². The third-order valence-electron chi connectivity index (χ3n) is 2.86. The average Bonchev–Trinajstić information content (AvgIpc) is 2.84. The van der Waals surface area contributed by atoms with E-state index in [9.17, 15) is 0 Å². The summed E-state index contributed by atoms with van der Waals surface area (Å²) in [6.45, 7) is 5.26. The zero-order valence-corrected chi connectivity index (χ0v) is 10.3. The molecule has 0 aromatic carbocycles. The quantitative estimate of drug-likeness (QED) is 0.852. The van der Waals surface area contributed by atoms with Crippen LogP contribution in [0.5, 0.6) is 0 Å². The van der Waals surface area contributed by atoms with Gasteiger partial charge in [0.05, 0.1) is 6.04 Å². The van der Waals surface area contributed by atoms with Crippen molar-refractivity contribution in [1.82, 2.24) is 5.32 Å². The van der Waals surface area contributed by atoms with Gasteiger partial charge in [-0.25, -0.2) is 0 Å². The van der Waals surface area contributed by atoms with Crippen LogP contribution in [0, 0.1) is 6.92 Å². The molecule has 2 rings (SSSR count). The molecule has 1 aromatic rings. The van der Waals surface area contributed by atoms with Crippen LogP contribution < -0.4 is 5.32 Å². The second kappa shape index (κ2) is 5.08. The van der Waals surface area contributed by atoms with Crippen LogP contribution >= 0.6 is 11.8 Å². The third-order valence-corrected chi connectivity index (χ3v) is 4.26. The van der Waals surface area contributed by atoms with Crippen LogP contribution in [-0.2, 0) is 0 Å². The van der Waals surface area contributed by atoms with Crippen molar-refractivity contribution in [2.24, 2.45) is 0 Å². The van der Waals surface area contributed by atoms with E-state index in [4.69, 9.17) is 4.42 Å². The summed E-state index contributed by atoms with van der Waals surface area (Å²) >= 11 is 2.09. The molecule has 1 aromatic heterocycles. The molecule has 15 heavy (non-hydrogen) atoms. The number of furan rings is 1. The number of thioether (sulfide) groups is 1. The molecule has 1 aliphatic rings. The molecule has 0 aliphatic carbocycles. The highest BCUT2D eigenvalue weighted by molar-refractivity contribution is 8.00. The van der Waals surface area contributed by atoms with Crippen molar-refractivity contribution in [1.29, 1.82) is 0 Å². The minimum Gasteiger partial charge on any atom is -0.465 e. The van der Waals surface area contributed by atoms with Crippen molar-refractivity contribution < 1.29 is 4.42 Å². The first-order valence-electron chi connectivity index (χ1n) is 5.67. The molecule has 1 saturated heterocycles. The van der Waals surface area contributed by atoms with Crippen molar-refractivity contribution >= 4 is 11.8 Å². The van der Waals surface area contributed by atoms with E-state index in [1.807, 2.05) is 13.0 Å². The average molecular weight is 225 g/mol. The van der Waals surface area contributed by atoms with Crippen LogP contribution in [0.1, 0.15) is 37.3 Å². The van der Waals surface area contributed by atoms with Gasteiger partial charge in [0.15, 0.2) is 0 Å². The minimum atomic E-state index is 0.333. The molecule has 2 atom stereocenters. The Kier molecular flexibility index (Phi) is 3.76. The summed E-state index contributed by atoms with van der Waals surface area (Å²) in [6.07, 6.45) is 2.74. The summed E-state index contributed by atoms with van der Waals surface area (Å²) in [5, 5.41) is 4.35. The molecule has 0 spiro atoms. The van der Waals surface area contributed by atoms with Gasteiger partial charge in [-0.05, 0) is 44.6 Å². The molecule has 1 aliphatic heterocycles. The van der Waals surface area contributed by atoms with Gasteiger partial charge in [0.1, 0.15) is 11.5 Å². The Morgan fingerprint density at radius 3 is 3.07 bits per heavy atom. The van der Waals surface area contributed by atoms with Gasteiger partial charge >= 0.3 is 0 Å². The largest absolute Gasteiger partial charge is 0.465 e. The Labute approximate surface area is 95.8 Å².